The van der Waals surface area contributed by atoms with Gasteiger partial charge >= 0.3 is 0 Å². The highest BCUT2D eigenvalue weighted by atomic mass is 16.1. The summed E-state index contributed by atoms with van der Waals surface area (Å²) in [6, 6.07) is 10.7. The second kappa shape index (κ2) is 6.83. The van der Waals surface area contributed by atoms with Gasteiger partial charge in [0.15, 0.2) is 0 Å². The monoisotopic (exact) mass is 348 g/mol. The van der Waals surface area contributed by atoms with Gasteiger partial charge in [-0.3, -0.25) is 9.78 Å². The van der Waals surface area contributed by atoms with E-state index in [-0.39, 0.29) is 11.9 Å². The van der Waals surface area contributed by atoms with Crippen LogP contribution in [0.1, 0.15) is 17.5 Å². The van der Waals surface area contributed by atoms with Crippen molar-refractivity contribution in [3.63, 3.8) is 0 Å². The Balaban J connectivity index is 1.36. The number of aryl methyl sites for hydroxylation is 2. The number of aromatic nitrogens is 2. The Bertz CT molecular complexity index is 946. The van der Waals surface area contributed by atoms with Crippen molar-refractivity contribution in [2.75, 3.05) is 18.0 Å². The van der Waals surface area contributed by atoms with E-state index in [1.165, 1.54) is 5.39 Å². The molecule has 0 radical (unpaired) electrons. The van der Waals surface area contributed by atoms with E-state index in [0.29, 0.717) is 6.42 Å². The SMILES string of the molecule is Cc1cncc(N2CC[C@@H](NC(=O)Cc3ccc4ccn(C)c4c3)C2)c1. The number of amides is 1. The Morgan fingerprint density at radius 2 is 2.15 bits per heavy atom. The molecule has 1 aromatic carbocycles. The molecule has 0 aliphatic carbocycles. The lowest BCUT2D eigenvalue weighted by Gasteiger charge is -2.19. The van der Waals surface area contributed by atoms with E-state index in [1.54, 1.807) is 0 Å². The lowest BCUT2D eigenvalue weighted by atomic mass is 10.1. The third-order valence-corrected chi connectivity index (χ3v) is 5.10. The predicted molar refractivity (Wildman–Crippen MR) is 104 cm³/mol. The number of carbonyl (C=O) groups excluding carboxylic acids is 1. The van der Waals surface area contributed by atoms with E-state index < -0.39 is 0 Å². The number of fused-ring (bicyclic) bond motifs is 1. The quantitative estimate of drug-likeness (QED) is 0.789. The molecule has 3 heterocycles. The molecule has 0 saturated carbocycles. The molecule has 3 aromatic rings. The number of nitrogens with one attached hydrogen (secondary N) is 1. The summed E-state index contributed by atoms with van der Waals surface area (Å²) in [7, 11) is 2.03. The van der Waals surface area contributed by atoms with E-state index in [0.717, 1.165) is 41.8 Å². The fourth-order valence-electron chi connectivity index (χ4n) is 3.71. The maximum absolute atomic E-state index is 12.5. The summed E-state index contributed by atoms with van der Waals surface area (Å²) in [5.74, 6) is 0.0905. The van der Waals surface area contributed by atoms with Crippen molar-refractivity contribution in [1.82, 2.24) is 14.9 Å². The highest BCUT2D eigenvalue weighted by Crippen LogP contribution is 2.21. The van der Waals surface area contributed by atoms with E-state index in [9.17, 15) is 4.79 Å². The Morgan fingerprint density at radius 1 is 1.27 bits per heavy atom. The second-order valence-corrected chi connectivity index (χ2v) is 7.22. The van der Waals surface area contributed by atoms with Crippen LogP contribution in [-0.4, -0.2) is 34.6 Å². The lowest BCUT2D eigenvalue weighted by molar-refractivity contribution is -0.121. The third-order valence-electron chi connectivity index (χ3n) is 5.10. The van der Waals surface area contributed by atoms with E-state index in [4.69, 9.17) is 0 Å². The van der Waals surface area contributed by atoms with Crippen molar-refractivity contribution in [1.29, 1.82) is 0 Å². The van der Waals surface area contributed by atoms with Crippen LogP contribution in [0, 0.1) is 6.92 Å². The summed E-state index contributed by atoms with van der Waals surface area (Å²) in [6.45, 7) is 3.84. The number of benzene rings is 1. The zero-order valence-electron chi connectivity index (χ0n) is 15.3. The standard InChI is InChI=1S/C21H24N4O/c1-15-9-19(13-22-12-15)25-8-6-18(14-25)23-21(26)11-16-3-4-17-5-7-24(2)20(17)10-16/h3-5,7,9-10,12-13,18H,6,8,11,14H2,1-2H3,(H,23,26)/t18-/m1/s1. The number of nitrogens with zero attached hydrogens (tertiary/aromatic N) is 3. The number of rotatable bonds is 4. The first-order valence-electron chi connectivity index (χ1n) is 9.08. The molecule has 4 rings (SSSR count). The Kier molecular flexibility index (Phi) is 4.37. The van der Waals surface area contributed by atoms with Crippen LogP contribution in [0.15, 0.2) is 48.9 Å². The number of hydrogen-bond acceptors (Lipinski definition) is 3. The van der Waals surface area contributed by atoms with Crippen molar-refractivity contribution in [3.05, 3.63) is 60.0 Å². The zero-order valence-corrected chi connectivity index (χ0v) is 15.3. The number of carbonyl (C=O) groups is 1. The summed E-state index contributed by atoms with van der Waals surface area (Å²) in [5, 5.41) is 4.39. The Morgan fingerprint density at radius 3 is 3.00 bits per heavy atom. The normalized spacial score (nSPS) is 17.0. The molecular formula is C21H24N4O. The first-order chi connectivity index (χ1) is 12.6. The van der Waals surface area contributed by atoms with Gasteiger partial charge in [-0.25, -0.2) is 0 Å². The minimum atomic E-state index is 0.0905. The molecule has 134 valence electrons. The molecular weight excluding hydrogens is 324 g/mol. The van der Waals surface area contributed by atoms with Gasteiger partial charge in [-0.05, 0) is 48.1 Å². The molecule has 0 spiro atoms. The van der Waals surface area contributed by atoms with Crippen LogP contribution < -0.4 is 10.2 Å². The molecule has 1 aliphatic heterocycles. The average molecular weight is 348 g/mol. The fraction of sp³-hybridized carbons (Fsp3) is 0.333. The molecule has 0 bridgehead atoms. The highest BCUT2D eigenvalue weighted by molar-refractivity contribution is 5.84. The van der Waals surface area contributed by atoms with Crippen molar-refractivity contribution < 1.29 is 4.79 Å². The molecule has 2 aromatic heterocycles. The number of anilines is 1. The number of pyridine rings is 1. The van der Waals surface area contributed by atoms with Gasteiger partial charge < -0.3 is 14.8 Å². The van der Waals surface area contributed by atoms with Gasteiger partial charge in [0.25, 0.3) is 0 Å². The summed E-state index contributed by atoms with van der Waals surface area (Å²) < 4.78 is 2.08. The fourth-order valence-corrected chi connectivity index (χ4v) is 3.71. The molecule has 1 N–H and O–H groups in total. The topological polar surface area (TPSA) is 50.2 Å². The molecule has 1 aliphatic rings. The zero-order chi connectivity index (χ0) is 18.1. The van der Waals surface area contributed by atoms with Crippen LogP contribution in [0.4, 0.5) is 5.69 Å². The van der Waals surface area contributed by atoms with E-state index >= 15 is 0 Å². The van der Waals surface area contributed by atoms with Gasteiger partial charge in [0, 0.05) is 44.1 Å². The minimum absolute atomic E-state index is 0.0905. The summed E-state index contributed by atoms with van der Waals surface area (Å²) >= 11 is 0. The van der Waals surface area contributed by atoms with Crippen molar-refractivity contribution in [2.24, 2.45) is 7.05 Å². The smallest absolute Gasteiger partial charge is 0.224 e. The maximum Gasteiger partial charge on any atom is 0.224 e. The summed E-state index contributed by atoms with van der Waals surface area (Å²) in [4.78, 5) is 19.0. The number of hydrogen-bond donors (Lipinski definition) is 1. The largest absolute Gasteiger partial charge is 0.368 e. The molecule has 1 fully saturated rings. The highest BCUT2D eigenvalue weighted by Gasteiger charge is 2.24. The Hall–Kier alpha value is -2.82. The molecule has 5 heteroatoms. The Labute approximate surface area is 153 Å². The molecule has 5 nitrogen and oxygen atoms in total. The van der Waals surface area contributed by atoms with E-state index in [2.05, 4.69) is 51.0 Å². The van der Waals surface area contributed by atoms with Crippen LogP contribution in [0.3, 0.4) is 0 Å². The lowest BCUT2D eigenvalue weighted by Crippen LogP contribution is -2.38. The van der Waals surface area contributed by atoms with Crippen molar-refractivity contribution in [3.8, 4) is 0 Å². The molecule has 26 heavy (non-hydrogen) atoms. The van der Waals surface area contributed by atoms with Gasteiger partial charge in [-0.1, -0.05) is 12.1 Å². The molecule has 1 amide bonds. The average Bonchev–Trinajstić information content (AvgIpc) is 3.22. The van der Waals surface area contributed by atoms with E-state index in [1.807, 2.05) is 31.7 Å². The molecule has 0 unspecified atom stereocenters. The van der Waals surface area contributed by atoms with Crippen LogP contribution in [-0.2, 0) is 18.3 Å². The summed E-state index contributed by atoms with van der Waals surface area (Å²) in [5.41, 5.74) is 4.51. The van der Waals surface area contributed by atoms with Gasteiger partial charge in [0.2, 0.25) is 5.91 Å². The first-order valence-corrected chi connectivity index (χ1v) is 9.08. The van der Waals surface area contributed by atoms with Crippen LogP contribution >= 0.6 is 0 Å². The van der Waals surface area contributed by atoms with Crippen molar-refractivity contribution in [2.45, 2.75) is 25.8 Å². The minimum Gasteiger partial charge on any atom is -0.368 e. The third kappa shape index (κ3) is 3.43. The van der Waals surface area contributed by atoms with Crippen LogP contribution in [0.2, 0.25) is 0 Å². The maximum atomic E-state index is 12.5. The van der Waals surface area contributed by atoms with Crippen LogP contribution in [0.5, 0.6) is 0 Å². The van der Waals surface area contributed by atoms with Crippen molar-refractivity contribution >= 4 is 22.5 Å². The predicted octanol–water partition coefficient (Wildman–Crippen LogP) is 2.82. The summed E-state index contributed by atoms with van der Waals surface area (Å²) in [6.07, 6.45) is 7.19. The van der Waals surface area contributed by atoms with Gasteiger partial charge in [-0.15, -0.1) is 0 Å². The van der Waals surface area contributed by atoms with Gasteiger partial charge in [0.1, 0.15) is 0 Å². The second-order valence-electron chi connectivity index (χ2n) is 7.22. The molecule has 1 atom stereocenters. The first kappa shape index (κ1) is 16.6. The van der Waals surface area contributed by atoms with Gasteiger partial charge in [0.05, 0.1) is 18.3 Å². The molecule has 1 saturated heterocycles. The van der Waals surface area contributed by atoms with Crippen LogP contribution in [0.25, 0.3) is 10.9 Å². The van der Waals surface area contributed by atoms with Gasteiger partial charge in [-0.2, -0.15) is 0 Å².